The molecule has 0 saturated carbocycles. The lowest BCUT2D eigenvalue weighted by Crippen LogP contribution is -2.40. The Hall–Kier alpha value is -4.96. The summed E-state index contributed by atoms with van der Waals surface area (Å²) >= 11 is 12.3. The van der Waals surface area contributed by atoms with E-state index in [4.69, 9.17) is 42.9 Å². The number of carbonyl (C=O) groups is 2. The predicted molar refractivity (Wildman–Crippen MR) is 158 cm³/mol. The van der Waals surface area contributed by atoms with E-state index in [-0.39, 0.29) is 45.8 Å². The zero-order valence-corrected chi connectivity index (χ0v) is 25.3. The van der Waals surface area contributed by atoms with Crippen LogP contribution in [0.15, 0.2) is 72.3 Å². The number of ether oxygens (including phenoxy) is 2. The number of halogens is 8. The molecule has 4 heterocycles. The van der Waals surface area contributed by atoms with Crippen molar-refractivity contribution in [1.82, 2.24) is 19.6 Å². The lowest BCUT2D eigenvalue weighted by atomic mass is 9.97. The number of hydrogen-bond donors (Lipinski definition) is 2. The maximum Gasteiger partial charge on any atom is 0.430 e. The van der Waals surface area contributed by atoms with Crippen LogP contribution in [0, 0.1) is 0 Å². The average Bonchev–Trinajstić information content (AvgIpc) is 3.72. The van der Waals surface area contributed by atoms with Crippen molar-refractivity contribution in [3.8, 4) is 11.5 Å². The van der Waals surface area contributed by atoms with Gasteiger partial charge < -0.3 is 19.7 Å². The Morgan fingerprint density at radius 3 is 1.83 bits per heavy atom. The fourth-order valence-electron chi connectivity index (χ4n) is 4.80. The Bertz CT molecular complexity index is 1910. The van der Waals surface area contributed by atoms with Crippen molar-refractivity contribution in [2.24, 2.45) is 0 Å². The molecule has 6 rings (SSSR count). The van der Waals surface area contributed by atoms with E-state index in [1.165, 1.54) is 35.1 Å². The van der Waals surface area contributed by atoms with Gasteiger partial charge >= 0.3 is 24.3 Å². The Morgan fingerprint density at radius 2 is 1.31 bits per heavy atom. The van der Waals surface area contributed by atoms with E-state index in [2.05, 4.69) is 10.2 Å². The van der Waals surface area contributed by atoms with E-state index < -0.39 is 47.6 Å². The van der Waals surface area contributed by atoms with Gasteiger partial charge in [-0.2, -0.15) is 36.5 Å². The zero-order valence-electron chi connectivity index (χ0n) is 23.8. The molecule has 18 heteroatoms. The molecule has 0 radical (unpaired) electrons. The molecule has 2 aliphatic rings. The first-order chi connectivity index (χ1) is 22.5. The molecule has 2 aromatic carbocycles. The van der Waals surface area contributed by atoms with Gasteiger partial charge in [-0.05, 0) is 54.1 Å². The number of aromatic nitrogens is 4. The summed E-state index contributed by atoms with van der Waals surface area (Å²) in [4.78, 5) is 22.3. The molecule has 2 N–H and O–H groups in total. The largest absolute Gasteiger partial charge is 0.478 e. The zero-order chi connectivity index (χ0) is 35.0. The quantitative estimate of drug-likeness (QED) is 0.210. The van der Waals surface area contributed by atoms with Gasteiger partial charge in [0.25, 0.3) is 0 Å². The molecule has 0 amide bonds. The molecule has 2 aliphatic heterocycles. The maximum absolute atomic E-state index is 13.1. The van der Waals surface area contributed by atoms with Crippen molar-refractivity contribution in [3.63, 3.8) is 0 Å². The Labute approximate surface area is 276 Å². The van der Waals surface area contributed by atoms with Crippen LogP contribution in [-0.4, -0.2) is 66.3 Å². The Morgan fingerprint density at radius 1 is 0.771 bits per heavy atom. The summed E-state index contributed by atoms with van der Waals surface area (Å²) in [6.07, 6.45) is -6.41. The first-order valence-corrected chi connectivity index (χ1v) is 14.2. The second-order valence-corrected chi connectivity index (χ2v) is 11.0. The molecule has 4 aromatic rings. The summed E-state index contributed by atoms with van der Waals surface area (Å²) in [6, 6.07) is 8.82. The molecule has 0 bridgehead atoms. The van der Waals surface area contributed by atoms with Gasteiger partial charge in [-0.25, -0.2) is 9.59 Å². The van der Waals surface area contributed by atoms with Gasteiger partial charge in [0, 0.05) is 51.5 Å². The minimum Gasteiger partial charge on any atom is -0.478 e. The third kappa shape index (κ3) is 7.44. The van der Waals surface area contributed by atoms with Crippen LogP contribution in [0.3, 0.4) is 0 Å². The first-order valence-electron chi connectivity index (χ1n) is 13.5. The van der Waals surface area contributed by atoms with E-state index in [1.807, 2.05) is 0 Å². The highest BCUT2D eigenvalue weighted by Crippen LogP contribution is 2.41. The summed E-state index contributed by atoms with van der Waals surface area (Å²) in [5, 5.41) is 26.7. The monoisotopic (exact) mass is 716 g/mol. The summed E-state index contributed by atoms with van der Waals surface area (Å²) in [6.45, 7) is 0.410. The molecular weight excluding hydrogens is 697 g/mol. The van der Waals surface area contributed by atoms with Crippen molar-refractivity contribution >= 4 is 47.3 Å². The van der Waals surface area contributed by atoms with E-state index in [0.717, 1.165) is 12.2 Å². The fourth-order valence-corrected chi connectivity index (χ4v) is 5.26. The van der Waals surface area contributed by atoms with Crippen LogP contribution in [0.2, 0.25) is 10.0 Å². The number of aliphatic carboxylic acids is 2. The van der Waals surface area contributed by atoms with Gasteiger partial charge in [0.2, 0.25) is 12.2 Å². The third-order valence-electron chi connectivity index (χ3n) is 6.96. The van der Waals surface area contributed by atoms with Crippen LogP contribution in [0.1, 0.15) is 22.3 Å². The smallest absolute Gasteiger partial charge is 0.430 e. The lowest BCUT2D eigenvalue weighted by Gasteiger charge is -2.28. The summed E-state index contributed by atoms with van der Waals surface area (Å²) in [7, 11) is 0. The summed E-state index contributed by atoms with van der Waals surface area (Å²) in [5.41, 5.74) is -0.452. The van der Waals surface area contributed by atoms with Crippen molar-refractivity contribution in [2.75, 3.05) is 0 Å². The standard InChI is InChI=1S/2C15H10ClF3N2O3/c16-11-2-3-12-8(10(11)7-21-5-1-4-20-21)6-9(14(22)23)13(24-12)15(17,18)19;16-11-5-8-4-10(14(22)23)13(15(17,18)19)24-12(8)6-9(11)7-21-3-1-2-20-21/h2*1-6,13H,7H2,(H,22,23). The molecule has 252 valence electrons. The van der Waals surface area contributed by atoms with Crippen LogP contribution in [0.4, 0.5) is 26.3 Å². The normalized spacial score (nSPS) is 17.0. The van der Waals surface area contributed by atoms with Crippen LogP contribution >= 0.6 is 23.2 Å². The van der Waals surface area contributed by atoms with Crippen molar-refractivity contribution in [2.45, 2.75) is 37.7 Å². The molecule has 0 fully saturated rings. The molecular formula is C30H20Cl2F6N4O6. The number of nitrogens with zero attached hydrogens (tertiary/aromatic N) is 4. The number of rotatable bonds is 6. The van der Waals surface area contributed by atoms with Gasteiger partial charge in [-0.1, -0.05) is 23.2 Å². The van der Waals surface area contributed by atoms with Crippen LogP contribution in [-0.2, 0) is 22.7 Å². The highest BCUT2D eigenvalue weighted by Gasteiger charge is 2.49. The third-order valence-corrected chi connectivity index (χ3v) is 7.67. The maximum atomic E-state index is 13.1. The second-order valence-electron chi connectivity index (χ2n) is 10.2. The number of carboxylic acid groups (broad SMARTS) is 2. The molecule has 0 saturated heterocycles. The minimum atomic E-state index is -4.84. The van der Waals surface area contributed by atoms with Crippen molar-refractivity contribution in [1.29, 1.82) is 0 Å². The van der Waals surface area contributed by atoms with Crippen LogP contribution in [0.25, 0.3) is 12.2 Å². The van der Waals surface area contributed by atoms with Crippen LogP contribution < -0.4 is 9.47 Å². The molecule has 48 heavy (non-hydrogen) atoms. The topological polar surface area (TPSA) is 129 Å². The summed E-state index contributed by atoms with van der Waals surface area (Å²) < 4.78 is 91.3. The van der Waals surface area contributed by atoms with E-state index >= 15 is 0 Å². The molecule has 0 aliphatic carbocycles. The van der Waals surface area contributed by atoms with Gasteiger partial charge in [-0.3, -0.25) is 9.36 Å². The molecule has 2 unspecified atom stereocenters. The SMILES string of the molecule is O=C(O)C1=Cc2c(ccc(Cl)c2Cn2cccn2)OC1C(F)(F)F.O=C(O)C1=Cc2cc(Cl)c(Cn3cccn3)cc2OC1C(F)(F)F. The minimum absolute atomic E-state index is 0.0751. The average molecular weight is 717 g/mol. The van der Waals surface area contributed by atoms with Gasteiger partial charge in [-0.15, -0.1) is 0 Å². The van der Waals surface area contributed by atoms with Crippen LogP contribution in [0.5, 0.6) is 11.5 Å². The predicted octanol–water partition coefficient (Wildman–Crippen LogP) is 6.75. The fraction of sp³-hybridized carbons (Fsp3) is 0.200. The second kappa shape index (κ2) is 13.3. The first kappa shape index (κ1) is 34.4. The molecule has 2 aromatic heterocycles. The van der Waals surface area contributed by atoms with Crippen molar-refractivity contribution < 1.29 is 55.6 Å². The lowest BCUT2D eigenvalue weighted by molar-refractivity contribution is -0.187. The van der Waals surface area contributed by atoms with Gasteiger partial charge in [0.05, 0.1) is 24.2 Å². The Balaban J connectivity index is 0.000000188. The highest BCUT2D eigenvalue weighted by molar-refractivity contribution is 6.32. The molecule has 2 atom stereocenters. The molecule has 10 nitrogen and oxygen atoms in total. The number of carboxylic acids is 2. The van der Waals surface area contributed by atoms with E-state index in [1.54, 1.807) is 35.4 Å². The number of benzene rings is 2. The number of alkyl halides is 6. The number of hydrogen-bond acceptors (Lipinski definition) is 6. The van der Waals surface area contributed by atoms with E-state index in [9.17, 15) is 35.9 Å². The van der Waals surface area contributed by atoms with Crippen molar-refractivity contribution in [3.05, 3.63) is 105 Å². The molecule has 0 spiro atoms. The number of fused-ring (bicyclic) bond motifs is 2. The van der Waals surface area contributed by atoms with E-state index in [0.29, 0.717) is 11.1 Å². The van der Waals surface area contributed by atoms with Gasteiger partial charge in [0.15, 0.2) is 0 Å². The summed E-state index contributed by atoms with van der Waals surface area (Å²) in [5.74, 6) is -3.55. The Kier molecular flexibility index (Phi) is 9.51. The highest BCUT2D eigenvalue weighted by atomic mass is 35.5. The van der Waals surface area contributed by atoms with Gasteiger partial charge in [0.1, 0.15) is 11.5 Å².